The Labute approximate surface area is 117 Å². The molecule has 1 saturated heterocycles. The fourth-order valence-electron chi connectivity index (χ4n) is 2.88. The van der Waals surface area contributed by atoms with E-state index in [2.05, 4.69) is 6.92 Å². The maximum Gasteiger partial charge on any atom is 0.140 e. The Morgan fingerprint density at radius 2 is 1.74 bits per heavy atom. The molecule has 1 aromatic carbocycles. The molecule has 1 heterocycles. The molecule has 1 aliphatic heterocycles. The molecule has 2 rings (SSSR count). The first-order chi connectivity index (χ1) is 9.31. The van der Waals surface area contributed by atoms with Crippen molar-refractivity contribution in [3.63, 3.8) is 0 Å². The van der Waals surface area contributed by atoms with Gasteiger partial charge in [0.15, 0.2) is 0 Å². The molecule has 0 aliphatic carbocycles. The Morgan fingerprint density at radius 3 is 2.32 bits per heavy atom. The van der Waals surface area contributed by atoms with Crippen molar-refractivity contribution in [3.8, 4) is 11.5 Å². The normalized spacial score (nSPS) is 16.4. The van der Waals surface area contributed by atoms with E-state index in [0.29, 0.717) is 6.10 Å². The average molecular weight is 260 g/mol. The Morgan fingerprint density at radius 1 is 1.11 bits per heavy atom. The first-order valence-electron chi connectivity index (χ1n) is 7.62. The quantitative estimate of drug-likeness (QED) is 0.699. The van der Waals surface area contributed by atoms with Crippen LogP contribution in [0, 0.1) is 0 Å². The molecular formula is C16H25BO2. The molecule has 1 fully saturated rings. The monoisotopic (exact) mass is 260 g/mol. The summed E-state index contributed by atoms with van der Waals surface area (Å²) in [5.41, 5.74) is 0. The summed E-state index contributed by atoms with van der Waals surface area (Å²) in [5, 5.41) is 0. The number of unbranched alkanes of at least 4 members (excludes halogenated alkanes) is 1. The summed E-state index contributed by atoms with van der Waals surface area (Å²) >= 11 is 0. The zero-order chi connectivity index (χ0) is 13.5. The minimum Gasteiger partial charge on any atom is -0.497 e. The summed E-state index contributed by atoms with van der Waals surface area (Å²) in [6.07, 6.45) is 9.61. The highest BCUT2D eigenvalue weighted by Crippen LogP contribution is 2.27. The molecule has 2 nitrogen and oxygen atoms in total. The van der Waals surface area contributed by atoms with Crippen LogP contribution in [0.4, 0.5) is 0 Å². The first kappa shape index (κ1) is 14.3. The van der Waals surface area contributed by atoms with Gasteiger partial charge in [-0.05, 0) is 37.1 Å². The van der Waals surface area contributed by atoms with E-state index in [9.17, 15) is 0 Å². The van der Waals surface area contributed by atoms with Crippen molar-refractivity contribution in [2.45, 2.75) is 57.7 Å². The van der Waals surface area contributed by atoms with Crippen LogP contribution in [0.15, 0.2) is 24.3 Å². The lowest BCUT2D eigenvalue weighted by molar-refractivity contribution is 0.187. The highest BCUT2D eigenvalue weighted by molar-refractivity contribution is 6.59. The van der Waals surface area contributed by atoms with Gasteiger partial charge in [0.2, 0.25) is 0 Å². The topological polar surface area (TPSA) is 18.5 Å². The van der Waals surface area contributed by atoms with E-state index in [1.54, 1.807) is 7.11 Å². The van der Waals surface area contributed by atoms with Crippen molar-refractivity contribution in [1.29, 1.82) is 0 Å². The van der Waals surface area contributed by atoms with E-state index in [1.807, 2.05) is 24.3 Å². The molecule has 0 atom stereocenters. The number of benzene rings is 1. The van der Waals surface area contributed by atoms with E-state index in [1.165, 1.54) is 44.6 Å². The van der Waals surface area contributed by atoms with Crippen molar-refractivity contribution in [1.82, 2.24) is 0 Å². The van der Waals surface area contributed by atoms with Crippen LogP contribution >= 0.6 is 0 Å². The van der Waals surface area contributed by atoms with Crippen LogP contribution in [-0.2, 0) is 0 Å². The van der Waals surface area contributed by atoms with Crippen LogP contribution < -0.4 is 9.47 Å². The number of hydrogen-bond acceptors (Lipinski definition) is 2. The van der Waals surface area contributed by atoms with Crippen molar-refractivity contribution < 1.29 is 9.47 Å². The summed E-state index contributed by atoms with van der Waals surface area (Å²) in [6, 6.07) is 7.93. The lowest BCUT2D eigenvalue weighted by atomic mass is 9.39. The van der Waals surface area contributed by atoms with Crippen LogP contribution in [0.1, 0.15) is 32.6 Å². The van der Waals surface area contributed by atoms with Gasteiger partial charge in [-0.3, -0.25) is 0 Å². The van der Waals surface area contributed by atoms with Gasteiger partial charge in [-0.15, -0.1) is 0 Å². The summed E-state index contributed by atoms with van der Waals surface area (Å²) in [7, 11) is 1.69. The lowest BCUT2D eigenvalue weighted by Crippen LogP contribution is -2.28. The van der Waals surface area contributed by atoms with E-state index >= 15 is 0 Å². The summed E-state index contributed by atoms with van der Waals surface area (Å²) in [5.74, 6) is 1.86. The number of ether oxygens (including phenoxy) is 2. The zero-order valence-corrected chi connectivity index (χ0v) is 12.2. The van der Waals surface area contributed by atoms with Gasteiger partial charge in [0.1, 0.15) is 18.2 Å². The predicted octanol–water partition coefficient (Wildman–Crippen LogP) is 4.53. The van der Waals surface area contributed by atoms with Crippen LogP contribution in [0.2, 0.25) is 19.0 Å². The average Bonchev–Trinajstić information content (AvgIpc) is 2.47. The molecule has 1 aromatic rings. The maximum absolute atomic E-state index is 6.05. The zero-order valence-electron chi connectivity index (χ0n) is 12.2. The van der Waals surface area contributed by atoms with Gasteiger partial charge >= 0.3 is 0 Å². The molecule has 3 heteroatoms. The Bertz CT molecular complexity index is 356. The molecule has 0 amide bonds. The van der Waals surface area contributed by atoms with Gasteiger partial charge < -0.3 is 9.47 Å². The fraction of sp³-hybridized carbons (Fsp3) is 0.625. The summed E-state index contributed by atoms with van der Waals surface area (Å²) < 4.78 is 11.2. The van der Waals surface area contributed by atoms with Crippen molar-refractivity contribution in [2.75, 3.05) is 7.11 Å². The van der Waals surface area contributed by atoms with E-state index in [0.717, 1.165) is 18.2 Å². The molecule has 1 aliphatic rings. The lowest BCUT2D eigenvalue weighted by Gasteiger charge is -2.27. The van der Waals surface area contributed by atoms with Crippen LogP contribution in [0.25, 0.3) is 0 Å². The smallest absolute Gasteiger partial charge is 0.140 e. The number of hydrogen-bond donors (Lipinski definition) is 0. The van der Waals surface area contributed by atoms with E-state index < -0.39 is 0 Å². The molecule has 19 heavy (non-hydrogen) atoms. The molecule has 0 saturated carbocycles. The first-order valence-corrected chi connectivity index (χ1v) is 7.62. The fourth-order valence-corrected chi connectivity index (χ4v) is 2.88. The van der Waals surface area contributed by atoms with Gasteiger partial charge in [-0.25, -0.2) is 0 Å². The third kappa shape index (κ3) is 4.48. The second-order valence-electron chi connectivity index (χ2n) is 5.58. The van der Waals surface area contributed by atoms with Crippen molar-refractivity contribution in [2.24, 2.45) is 0 Å². The SMILES string of the molecule is CCCCB1CCC(Oc2ccc(OC)cc2)CC1. The van der Waals surface area contributed by atoms with E-state index in [-0.39, 0.29) is 0 Å². The highest BCUT2D eigenvalue weighted by atomic mass is 16.5. The maximum atomic E-state index is 6.05. The third-order valence-electron chi connectivity index (χ3n) is 4.12. The number of rotatable bonds is 6. The van der Waals surface area contributed by atoms with E-state index in [4.69, 9.17) is 9.47 Å². The van der Waals surface area contributed by atoms with Gasteiger partial charge in [0.25, 0.3) is 0 Å². The highest BCUT2D eigenvalue weighted by Gasteiger charge is 2.24. The molecule has 0 N–H and O–H groups in total. The molecule has 0 unspecified atom stereocenters. The van der Waals surface area contributed by atoms with Crippen molar-refractivity contribution >= 4 is 6.71 Å². The third-order valence-corrected chi connectivity index (χ3v) is 4.12. The Hall–Kier alpha value is -1.12. The molecule has 0 radical (unpaired) electrons. The largest absolute Gasteiger partial charge is 0.497 e. The molecule has 0 bridgehead atoms. The van der Waals surface area contributed by atoms with Crippen LogP contribution in [0.5, 0.6) is 11.5 Å². The predicted molar refractivity (Wildman–Crippen MR) is 81.7 cm³/mol. The Kier molecular flexibility index (Phi) is 5.62. The molecular weight excluding hydrogens is 235 g/mol. The minimum absolute atomic E-state index is 0.409. The molecule has 0 spiro atoms. The van der Waals surface area contributed by atoms with Gasteiger partial charge in [-0.1, -0.05) is 38.7 Å². The molecule has 0 aromatic heterocycles. The van der Waals surface area contributed by atoms with Gasteiger partial charge in [-0.2, -0.15) is 0 Å². The van der Waals surface area contributed by atoms with Crippen LogP contribution in [0.3, 0.4) is 0 Å². The van der Waals surface area contributed by atoms with Gasteiger partial charge in [0, 0.05) is 0 Å². The minimum atomic E-state index is 0.409. The van der Waals surface area contributed by atoms with Crippen LogP contribution in [-0.4, -0.2) is 19.9 Å². The Balaban J connectivity index is 1.75. The summed E-state index contributed by atoms with van der Waals surface area (Å²) in [4.78, 5) is 0. The standard InChI is InChI=1S/C16H25BO2/c1-3-4-11-17-12-9-16(10-13-17)19-15-7-5-14(18-2)6-8-15/h5-8,16H,3-4,9-13H2,1-2H3. The molecule has 104 valence electrons. The van der Waals surface area contributed by atoms with Crippen molar-refractivity contribution in [3.05, 3.63) is 24.3 Å². The summed E-state index contributed by atoms with van der Waals surface area (Å²) in [6.45, 7) is 3.22. The van der Waals surface area contributed by atoms with Gasteiger partial charge in [0.05, 0.1) is 13.2 Å². The number of methoxy groups -OCH3 is 1. The second kappa shape index (κ2) is 7.47. The second-order valence-corrected chi connectivity index (χ2v) is 5.58.